The van der Waals surface area contributed by atoms with Crippen molar-refractivity contribution >= 4 is 15.7 Å². The van der Waals surface area contributed by atoms with Crippen LogP contribution in [0.1, 0.15) is 0 Å². The highest BCUT2D eigenvalue weighted by Gasteiger charge is 2.28. The SMILES string of the molecule is O=[N+]([O-])c1ccc(S(=O)(=O)N2CCOCC2)cc1F. The smallest absolute Gasteiger partial charge is 0.304 e. The first-order valence-corrected chi connectivity index (χ1v) is 6.89. The van der Waals surface area contributed by atoms with Crippen LogP contribution in [0.15, 0.2) is 23.1 Å². The third-order valence-corrected chi connectivity index (χ3v) is 4.62. The fraction of sp³-hybridized carbons (Fsp3) is 0.400. The van der Waals surface area contributed by atoms with E-state index in [1.807, 2.05) is 0 Å². The Balaban J connectivity index is 2.35. The van der Waals surface area contributed by atoms with E-state index in [0.717, 1.165) is 16.4 Å². The van der Waals surface area contributed by atoms with Crippen molar-refractivity contribution in [3.8, 4) is 0 Å². The molecule has 19 heavy (non-hydrogen) atoms. The lowest BCUT2D eigenvalue weighted by molar-refractivity contribution is -0.387. The molecule has 1 fully saturated rings. The molecule has 1 aromatic carbocycles. The molecule has 0 radical (unpaired) electrons. The number of hydrogen-bond acceptors (Lipinski definition) is 5. The van der Waals surface area contributed by atoms with Gasteiger partial charge in [-0.3, -0.25) is 10.1 Å². The minimum absolute atomic E-state index is 0.181. The van der Waals surface area contributed by atoms with Crippen molar-refractivity contribution in [2.45, 2.75) is 4.90 Å². The van der Waals surface area contributed by atoms with E-state index in [-0.39, 0.29) is 31.2 Å². The van der Waals surface area contributed by atoms with E-state index in [4.69, 9.17) is 4.74 Å². The third kappa shape index (κ3) is 2.72. The topological polar surface area (TPSA) is 89.8 Å². The van der Waals surface area contributed by atoms with Crippen molar-refractivity contribution in [2.24, 2.45) is 0 Å². The van der Waals surface area contributed by atoms with E-state index in [1.54, 1.807) is 0 Å². The summed E-state index contributed by atoms with van der Waals surface area (Å²) in [4.78, 5) is 9.28. The van der Waals surface area contributed by atoms with Crippen LogP contribution in [-0.4, -0.2) is 43.9 Å². The standard InChI is InChI=1S/C10H11FN2O5S/c11-9-7-8(1-2-10(9)13(14)15)19(16,17)12-3-5-18-6-4-12/h1-2,7H,3-6H2. The first-order valence-electron chi connectivity index (χ1n) is 5.45. The van der Waals surface area contributed by atoms with Crippen LogP contribution in [0.2, 0.25) is 0 Å². The molecule has 1 aliphatic heterocycles. The van der Waals surface area contributed by atoms with Gasteiger partial charge < -0.3 is 4.74 Å². The second kappa shape index (κ2) is 5.19. The van der Waals surface area contributed by atoms with Gasteiger partial charge >= 0.3 is 5.69 Å². The molecule has 0 spiro atoms. The number of benzene rings is 1. The Bertz CT molecular complexity index is 598. The van der Waals surface area contributed by atoms with Gasteiger partial charge in [0.15, 0.2) is 0 Å². The zero-order valence-corrected chi connectivity index (χ0v) is 10.6. The molecule has 1 aliphatic rings. The summed E-state index contributed by atoms with van der Waals surface area (Å²) >= 11 is 0. The Kier molecular flexibility index (Phi) is 3.78. The molecule has 0 aromatic heterocycles. The van der Waals surface area contributed by atoms with Crippen LogP contribution in [0, 0.1) is 15.9 Å². The maximum atomic E-state index is 13.4. The van der Waals surface area contributed by atoms with Gasteiger partial charge in [0.1, 0.15) is 0 Å². The van der Waals surface area contributed by atoms with Gasteiger partial charge in [0.25, 0.3) is 0 Å². The molecule has 0 N–H and O–H groups in total. The molecule has 0 bridgehead atoms. The summed E-state index contributed by atoms with van der Waals surface area (Å²) in [7, 11) is -3.84. The van der Waals surface area contributed by atoms with Crippen molar-refractivity contribution in [2.75, 3.05) is 26.3 Å². The average molecular weight is 290 g/mol. The molecule has 2 rings (SSSR count). The summed E-state index contributed by atoms with van der Waals surface area (Å²) in [6.07, 6.45) is 0. The molecular weight excluding hydrogens is 279 g/mol. The van der Waals surface area contributed by atoms with Gasteiger partial charge in [-0.1, -0.05) is 0 Å². The van der Waals surface area contributed by atoms with Crippen LogP contribution in [-0.2, 0) is 14.8 Å². The van der Waals surface area contributed by atoms with Crippen molar-refractivity contribution in [3.05, 3.63) is 34.1 Å². The normalized spacial score (nSPS) is 17.3. The monoisotopic (exact) mass is 290 g/mol. The first kappa shape index (κ1) is 13.8. The fourth-order valence-corrected chi connectivity index (χ4v) is 3.15. The van der Waals surface area contributed by atoms with Gasteiger partial charge in [-0.25, -0.2) is 8.42 Å². The zero-order chi connectivity index (χ0) is 14.0. The minimum atomic E-state index is -3.84. The highest BCUT2D eigenvalue weighted by Crippen LogP contribution is 2.23. The lowest BCUT2D eigenvalue weighted by Gasteiger charge is -2.25. The third-order valence-electron chi connectivity index (χ3n) is 2.72. The minimum Gasteiger partial charge on any atom is -0.379 e. The summed E-state index contributed by atoms with van der Waals surface area (Å²) in [6.45, 7) is 0.908. The highest BCUT2D eigenvalue weighted by molar-refractivity contribution is 7.89. The number of nitrogens with zero attached hydrogens (tertiary/aromatic N) is 2. The maximum Gasteiger partial charge on any atom is 0.304 e. The molecule has 0 unspecified atom stereocenters. The number of sulfonamides is 1. The number of morpholine rings is 1. The van der Waals surface area contributed by atoms with E-state index < -0.39 is 26.5 Å². The number of ether oxygens (including phenoxy) is 1. The maximum absolute atomic E-state index is 13.4. The van der Waals surface area contributed by atoms with Gasteiger partial charge in [-0.15, -0.1) is 0 Å². The molecule has 1 heterocycles. The molecule has 1 aromatic rings. The van der Waals surface area contributed by atoms with Crippen LogP contribution in [0.25, 0.3) is 0 Å². The molecule has 9 heteroatoms. The summed E-state index contributed by atoms with van der Waals surface area (Å²) in [5.41, 5.74) is -0.749. The lowest BCUT2D eigenvalue weighted by atomic mass is 10.3. The zero-order valence-electron chi connectivity index (χ0n) is 9.78. The summed E-state index contributed by atoms with van der Waals surface area (Å²) in [5.74, 6) is -1.17. The molecule has 7 nitrogen and oxygen atoms in total. The summed E-state index contributed by atoms with van der Waals surface area (Å²) in [6, 6.07) is 2.55. The van der Waals surface area contributed by atoms with E-state index in [1.165, 1.54) is 0 Å². The number of hydrogen-bond donors (Lipinski definition) is 0. The van der Waals surface area contributed by atoms with Crippen molar-refractivity contribution in [3.63, 3.8) is 0 Å². The Morgan fingerprint density at radius 1 is 1.32 bits per heavy atom. The molecule has 104 valence electrons. The van der Waals surface area contributed by atoms with Gasteiger partial charge in [0.2, 0.25) is 15.8 Å². The predicted octanol–water partition coefficient (Wildman–Crippen LogP) is 0.755. The van der Waals surface area contributed by atoms with Crippen molar-refractivity contribution in [1.29, 1.82) is 0 Å². The van der Waals surface area contributed by atoms with Crippen LogP contribution in [0.3, 0.4) is 0 Å². The van der Waals surface area contributed by atoms with Crippen LogP contribution < -0.4 is 0 Å². The van der Waals surface area contributed by atoms with Gasteiger partial charge in [-0.2, -0.15) is 8.70 Å². The van der Waals surface area contributed by atoms with Gasteiger partial charge in [0.05, 0.1) is 23.0 Å². The van der Waals surface area contributed by atoms with E-state index >= 15 is 0 Å². The molecule has 0 amide bonds. The van der Waals surface area contributed by atoms with Crippen LogP contribution >= 0.6 is 0 Å². The highest BCUT2D eigenvalue weighted by atomic mass is 32.2. The average Bonchev–Trinajstić information content (AvgIpc) is 2.39. The van der Waals surface area contributed by atoms with E-state index in [9.17, 15) is 22.9 Å². The molecule has 1 saturated heterocycles. The Labute approximate surface area is 108 Å². The van der Waals surface area contributed by atoms with Crippen LogP contribution in [0.5, 0.6) is 0 Å². The second-order valence-corrected chi connectivity index (χ2v) is 5.82. The summed E-state index contributed by atoms with van der Waals surface area (Å²) in [5, 5.41) is 10.5. The molecule has 0 saturated carbocycles. The van der Waals surface area contributed by atoms with Crippen LogP contribution in [0.4, 0.5) is 10.1 Å². The van der Waals surface area contributed by atoms with Gasteiger partial charge in [0, 0.05) is 25.2 Å². The van der Waals surface area contributed by atoms with Crippen molar-refractivity contribution < 1.29 is 22.5 Å². The Morgan fingerprint density at radius 2 is 1.95 bits per heavy atom. The Hall–Kier alpha value is -1.58. The number of nitro benzene ring substituents is 1. The largest absolute Gasteiger partial charge is 0.379 e. The van der Waals surface area contributed by atoms with Gasteiger partial charge in [-0.05, 0) is 6.07 Å². The molecular formula is C10H11FN2O5S. The first-order chi connectivity index (χ1) is 8.93. The lowest BCUT2D eigenvalue weighted by Crippen LogP contribution is -2.40. The molecule has 0 aliphatic carbocycles. The fourth-order valence-electron chi connectivity index (χ4n) is 1.73. The van der Waals surface area contributed by atoms with E-state index in [2.05, 4.69) is 0 Å². The van der Waals surface area contributed by atoms with E-state index in [0.29, 0.717) is 6.07 Å². The second-order valence-electron chi connectivity index (χ2n) is 3.89. The number of rotatable bonds is 3. The number of nitro groups is 1. The predicted molar refractivity (Wildman–Crippen MR) is 62.6 cm³/mol. The quantitative estimate of drug-likeness (QED) is 0.605. The number of halogens is 1. The summed E-state index contributed by atoms with van der Waals surface area (Å²) < 4.78 is 44.0. The van der Waals surface area contributed by atoms with Crippen molar-refractivity contribution in [1.82, 2.24) is 4.31 Å². The Morgan fingerprint density at radius 3 is 2.47 bits per heavy atom. The molecule has 0 atom stereocenters.